The first kappa shape index (κ1) is 43.5. The molecule has 264 valence electrons. The van der Waals surface area contributed by atoms with Crippen LogP contribution in [0.2, 0.25) is 0 Å². The summed E-state index contributed by atoms with van der Waals surface area (Å²) in [5.74, 6) is -0.531. The Bertz CT molecular complexity index is 805. The van der Waals surface area contributed by atoms with Crippen LogP contribution >= 0.6 is 7.82 Å². The number of esters is 1. The monoisotopic (exact) mass is 659 g/mol. The van der Waals surface area contributed by atoms with E-state index in [0.29, 0.717) is 6.42 Å². The molecule has 45 heavy (non-hydrogen) atoms. The molecule has 9 nitrogen and oxygen atoms in total. The maximum atomic E-state index is 12.0. The summed E-state index contributed by atoms with van der Waals surface area (Å²) in [6.07, 6.45) is 31.2. The minimum Gasteiger partial charge on any atom is -0.463 e. The third-order valence-electron chi connectivity index (χ3n) is 7.38. The maximum absolute atomic E-state index is 12.0. The number of unbranched alkanes of at least 4 members (excludes halogenated alkanes) is 16. The van der Waals surface area contributed by atoms with Crippen molar-refractivity contribution in [3.8, 4) is 0 Å². The van der Waals surface area contributed by atoms with Crippen LogP contribution in [0.4, 0.5) is 0 Å². The fourth-order valence-electron chi connectivity index (χ4n) is 4.64. The Morgan fingerprint density at radius 1 is 0.689 bits per heavy atom. The molecule has 2 atom stereocenters. The summed E-state index contributed by atoms with van der Waals surface area (Å²) < 4.78 is 26.6. The average molecular weight is 660 g/mol. The van der Waals surface area contributed by atoms with Crippen LogP contribution in [-0.4, -0.2) is 54.3 Å². The van der Waals surface area contributed by atoms with E-state index in [4.69, 9.17) is 13.8 Å². The number of carbonyl (C=O) groups excluding carboxylic acids is 2. The SMILES string of the molecule is CCCCC/C=C\C/C=C\CCCCCCCCCC(=O)NCCOP(=O)(O)OCC(O)COC(=O)CCCCCCCCC. The van der Waals surface area contributed by atoms with Gasteiger partial charge in [-0.1, -0.05) is 122 Å². The van der Waals surface area contributed by atoms with E-state index in [2.05, 4.69) is 43.5 Å². The predicted molar refractivity (Wildman–Crippen MR) is 183 cm³/mol. The fraction of sp³-hybridized carbons (Fsp3) is 0.829. The lowest BCUT2D eigenvalue weighted by atomic mass is 10.1. The molecule has 0 rings (SSSR count). The number of aliphatic hydroxyl groups is 1. The number of allylic oxidation sites excluding steroid dienone is 4. The molecule has 0 aliphatic heterocycles. The van der Waals surface area contributed by atoms with Gasteiger partial charge in [0, 0.05) is 19.4 Å². The second-order valence-electron chi connectivity index (χ2n) is 11.8. The molecule has 0 spiro atoms. The molecule has 0 aromatic heterocycles. The predicted octanol–water partition coefficient (Wildman–Crippen LogP) is 8.87. The average Bonchev–Trinajstić information content (AvgIpc) is 3.02. The Morgan fingerprint density at radius 2 is 1.20 bits per heavy atom. The summed E-state index contributed by atoms with van der Waals surface area (Å²) in [5, 5.41) is 12.6. The van der Waals surface area contributed by atoms with Gasteiger partial charge in [0.1, 0.15) is 12.7 Å². The van der Waals surface area contributed by atoms with Crippen LogP contribution in [0, 0.1) is 0 Å². The summed E-state index contributed by atoms with van der Waals surface area (Å²) in [6.45, 7) is 3.45. The standard InChI is InChI=1S/C35H66NO8P/c1-3-5-7-9-11-12-13-14-15-16-17-18-19-20-22-23-25-27-34(38)36-29-30-43-45(40,41)44-32-33(37)31-42-35(39)28-26-24-21-10-8-6-4-2/h11-12,14-15,33,37H,3-10,13,16-32H2,1-2H3,(H,36,38)(H,40,41)/b12-11-,15-14-. The molecule has 0 saturated heterocycles. The minimum absolute atomic E-state index is 0.0786. The van der Waals surface area contributed by atoms with Crippen molar-refractivity contribution >= 4 is 19.7 Å². The van der Waals surface area contributed by atoms with E-state index in [0.717, 1.165) is 51.4 Å². The number of hydrogen-bond donors (Lipinski definition) is 3. The largest absolute Gasteiger partial charge is 0.472 e. The summed E-state index contributed by atoms with van der Waals surface area (Å²) in [7, 11) is -4.40. The highest BCUT2D eigenvalue weighted by Crippen LogP contribution is 2.42. The molecule has 10 heteroatoms. The van der Waals surface area contributed by atoms with Gasteiger partial charge in [-0.2, -0.15) is 0 Å². The summed E-state index contributed by atoms with van der Waals surface area (Å²) >= 11 is 0. The molecule has 0 aromatic rings. The van der Waals surface area contributed by atoms with Crippen LogP contribution in [0.1, 0.15) is 155 Å². The number of hydrogen-bond acceptors (Lipinski definition) is 7. The Hall–Kier alpha value is -1.51. The van der Waals surface area contributed by atoms with Gasteiger partial charge in [-0.05, 0) is 44.9 Å². The number of ether oxygens (including phenoxy) is 1. The first-order valence-corrected chi connectivity index (χ1v) is 19.3. The van der Waals surface area contributed by atoms with E-state index >= 15 is 0 Å². The van der Waals surface area contributed by atoms with Crippen molar-refractivity contribution in [2.45, 2.75) is 161 Å². The maximum Gasteiger partial charge on any atom is 0.472 e. The van der Waals surface area contributed by atoms with Crippen LogP contribution in [0.5, 0.6) is 0 Å². The molecule has 0 aromatic carbocycles. The van der Waals surface area contributed by atoms with Crippen LogP contribution < -0.4 is 5.32 Å². The lowest BCUT2D eigenvalue weighted by Gasteiger charge is -2.15. The Balaban J connectivity index is 3.62. The normalized spacial score (nSPS) is 13.8. The van der Waals surface area contributed by atoms with Crippen LogP contribution in [0.3, 0.4) is 0 Å². The van der Waals surface area contributed by atoms with Gasteiger partial charge in [0.2, 0.25) is 5.91 Å². The van der Waals surface area contributed by atoms with Gasteiger partial charge < -0.3 is 20.1 Å². The number of amides is 1. The number of nitrogens with one attached hydrogen (secondary N) is 1. The molecule has 0 fully saturated rings. The molecule has 0 aliphatic rings. The van der Waals surface area contributed by atoms with Crippen LogP contribution in [-0.2, 0) is 27.9 Å². The third kappa shape index (κ3) is 33.7. The van der Waals surface area contributed by atoms with Gasteiger partial charge in [0.15, 0.2) is 0 Å². The molecule has 0 heterocycles. The van der Waals surface area contributed by atoms with Crippen molar-refractivity contribution in [1.29, 1.82) is 0 Å². The van der Waals surface area contributed by atoms with Gasteiger partial charge in [-0.15, -0.1) is 0 Å². The highest BCUT2D eigenvalue weighted by Gasteiger charge is 2.23. The lowest BCUT2D eigenvalue weighted by Crippen LogP contribution is -2.27. The molecule has 0 radical (unpaired) electrons. The number of phosphoric ester groups is 1. The fourth-order valence-corrected chi connectivity index (χ4v) is 5.40. The zero-order chi connectivity index (χ0) is 33.3. The van der Waals surface area contributed by atoms with Crippen molar-refractivity contribution in [2.75, 3.05) is 26.4 Å². The topological polar surface area (TPSA) is 131 Å². The molecule has 3 N–H and O–H groups in total. The first-order chi connectivity index (χ1) is 21.8. The van der Waals surface area contributed by atoms with Crippen molar-refractivity contribution in [3.05, 3.63) is 24.3 Å². The summed E-state index contributed by atoms with van der Waals surface area (Å²) in [4.78, 5) is 33.5. The molecule has 0 saturated carbocycles. The van der Waals surface area contributed by atoms with Gasteiger partial charge in [0.05, 0.1) is 13.2 Å². The number of phosphoric acid groups is 1. The second kappa shape index (κ2) is 32.4. The van der Waals surface area contributed by atoms with Crippen molar-refractivity contribution in [3.63, 3.8) is 0 Å². The van der Waals surface area contributed by atoms with Crippen LogP contribution in [0.25, 0.3) is 0 Å². The summed E-state index contributed by atoms with van der Waals surface area (Å²) in [5.41, 5.74) is 0. The van der Waals surface area contributed by atoms with E-state index < -0.39 is 26.5 Å². The second-order valence-corrected chi connectivity index (χ2v) is 13.3. The van der Waals surface area contributed by atoms with Crippen molar-refractivity contribution < 1.29 is 37.9 Å². The van der Waals surface area contributed by atoms with E-state index in [9.17, 15) is 24.2 Å². The first-order valence-electron chi connectivity index (χ1n) is 17.8. The van der Waals surface area contributed by atoms with Gasteiger partial charge in [-0.3, -0.25) is 18.6 Å². The van der Waals surface area contributed by atoms with E-state index in [1.807, 2.05) is 0 Å². The molecular formula is C35H66NO8P. The summed E-state index contributed by atoms with van der Waals surface area (Å²) in [6, 6.07) is 0. The Labute approximate surface area is 274 Å². The molecular weight excluding hydrogens is 593 g/mol. The van der Waals surface area contributed by atoms with E-state index in [1.165, 1.54) is 77.0 Å². The molecule has 0 bridgehead atoms. The highest BCUT2D eigenvalue weighted by atomic mass is 31.2. The van der Waals surface area contributed by atoms with Crippen LogP contribution in [0.15, 0.2) is 24.3 Å². The van der Waals surface area contributed by atoms with Gasteiger partial charge in [-0.25, -0.2) is 4.57 Å². The minimum atomic E-state index is -4.40. The zero-order valence-electron chi connectivity index (χ0n) is 28.6. The highest BCUT2D eigenvalue weighted by molar-refractivity contribution is 7.47. The van der Waals surface area contributed by atoms with E-state index in [1.54, 1.807) is 0 Å². The molecule has 0 aliphatic carbocycles. The molecule has 1 amide bonds. The van der Waals surface area contributed by atoms with Crippen molar-refractivity contribution in [2.24, 2.45) is 0 Å². The lowest BCUT2D eigenvalue weighted by molar-refractivity contribution is -0.147. The number of aliphatic hydroxyl groups excluding tert-OH is 1. The Morgan fingerprint density at radius 3 is 1.82 bits per heavy atom. The quantitative estimate of drug-likeness (QED) is 0.0276. The zero-order valence-corrected chi connectivity index (χ0v) is 29.5. The Kier molecular flexibility index (Phi) is 31.3. The number of carbonyl (C=O) groups is 2. The van der Waals surface area contributed by atoms with Gasteiger partial charge in [0.25, 0.3) is 0 Å². The van der Waals surface area contributed by atoms with Gasteiger partial charge >= 0.3 is 13.8 Å². The van der Waals surface area contributed by atoms with Crippen molar-refractivity contribution in [1.82, 2.24) is 5.32 Å². The smallest absolute Gasteiger partial charge is 0.463 e. The molecule has 2 unspecified atom stereocenters. The van der Waals surface area contributed by atoms with E-state index in [-0.39, 0.29) is 32.1 Å². The third-order valence-corrected chi connectivity index (χ3v) is 8.37. The number of rotatable bonds is 33.